The van der Waals surface area contributed by atoms with Crippen molar-refractivity contribution in [2.24, 2.45) is 0 Å². The van der Waals surface area contributed by atoms with Crippen LogP contribution in [-0.4, -0.2) is 27.0 Å². The van der Waals surface area contributed by atoms with E-state index in [-0.39, 0.29) is 5.91 Å². The quantitative estimate of drug-likeness (QED) is 0.689. The molecule has 3 rings (SSSR count). The van der Waals surface area contributed by atoms with Gasteiger partial charge in [-0.2, -0.15) is 0 Å². The maximum atomic E-state index is 11.9. The van der Waals surface area contributed by atoms with Crippen LogP contribution < -0.4 is 20.3 Å². The van der Waals surface area contributed by atoms with Gasteiger partial charge in [-0.1, -0.05) is 11.5 Å². The van der Waals surface area contributed by atoms with Crippen LogP contribution in [0.15, 0.2) is 35.7 Å². The van der Waals surface area contributed by atoms with Gasteiger partial charge in [0.2, 0.25) is 5.91 Å². The molecule has 0 aliphatic carbocycles. The van der Waals surface area contributed by atoms with Crippen molar-refractivity contribution in [2.75, 3.05) is 18.5 Å². The molecule has 1 N–H and O–H groups in total. The molecule has 0 saturated carbocycles. The highest BCUT2D eigenvalue weighted by atomic mass is 32.1. The molecular formula is C15H14BNO3S. The second-order valence-electron chi connectivity index (χ2n) is 4.71. The first kappa shape index (κ1) is 13.8. The van der Waals surface area contributed by atoms with Gasteiger partial charge >= 0.3 is 0 Å². The smallest absolute Gasteiger partial charge is 0.248 e. The molecule has 1 aliphatic rings. The van der Waals surface area contributed by atoms with E-state index < -0.39 is 0 Å². The van der Waals surface area contributed by atoms with E-state index in [0.717, 1.165) is 4.88 Å². The summed E-state index contributed by atoms with van der Waals surface area (Å²) in [6.45, 7) is 1.09. The van der Waals surface area contributed by atoms with Crippen LogP contribution in [0.5, 0.6) is 11.5 Å². The van der Waals surface area contributed by atoms with Gasteiger partial charge in [-0.3, -0.25) is 4.79 Å². The maximum Gasteiger partial charge on any atom is 0.248 e. The maximum absolute atomic E-state index is 11.9. The third-order valence-electron chi connectivity index (χ3n) is 2.96. The first-order valence-electron chi connectivity index (χ1n) is 6.64. The second kappa shape index (κ2) is 6.05. The van der Waals surface area contributed by atoms with Crippen molar-refractivity contribution >= 4 is 42.3 Å². The lowest BCUT2D eigenvalue weighted by Crippen LogP contribution is -2.16. The number of fused-ring (bicyclic) bond motifs is 1. The molecule has 0 bridgehead atoms. The lowest BCUT2D eigenvalue weighted by atomic mass is 10.0. The van der Waals surface area contributed by atoms with Gasteiger partial charge in [0.15, 0.2) is 11.5 Å². The summed E-state index contributed by atoms with van der Waals surface area (Å²) in [6, 6.07) is 7.42. The van der Waals surface area contributed by atoms with Crippen molar-refractivity contribution in [1.82, 2.24) is 0 Å². The van der Waals surface area contributed by atoms with Crippen molar-refractivity contribution in [3.8, 4) is 11.5 Å². The number of ether oxygens (including phenoxy) is 2. The molecule has 2 aromatic rings. The summed E-state index contributed by atoms with van der Waals surface area (Å²) in [5, 5.41) is 4.87. The zero-order valence-electron chi connectivity index (χ0n) is 11.6. The average Bonchev–Trinajstić information content (AvgIpc) is 2.91. The minimum atomic E-state index is -0.169. The Morgan fingerprint density at radius 1 is 1.24 bits per heavy atom. The topological polar surface area (TPSA) is 47.6 Å². The summed E-state index contributed by atoms with van der Waals surface area (Å²) in [5.74, 6) is 1.21. The van der Waals surface area contributed by atoms with E-state index in [9.17, 15) is 4.79 Å². The van der Waals surface area contributed by atoms with E-state index >= 15 is 0 Å². The van der Waals surface area contributed by atoms with Crippen LogP contribution in [-0.2, 0) is 4.79 Å². The monoisotopic (exact) mass is 299 g/mol. The van der Waals surface area contributed by atoms with E-state index in [2.05, 4.69) is 10.7 Å². The number of carbonyl (C=O) groups excluding carboxylic acids is 1. The largest absolute Gasteiger partial charge is 0.486 e. The molecule has 0 fully saturated rings. The van der Waals surface area contributed by atoms with Crippen molar-refractivity contribution < 1.29 is 14.3 Å². The predicted molar refractivity (Wildman–Crippen MR) is 87.6 cm³/mol. The number of anilines is 1. The molecule has 0 spiro atoms. The fraction of sp³-hybridized carbons (Fsp3) is 0.133. The number of nitrogens with one attached hydrogen (secondary N) is 1. The molecule has 1 aromatic carbocycles. The number of thiophene rings is 1. The van der Waals surface area contributed by atoms with Crippen LogP contribution in [0.25, 0.3) is 6.08 Å². The zero-order valence-corrected chi connectivity index (χ0v) is 12.4. The van der Waals surface area contributed by atoms with Gasteiger partial charge in [-0.15, -0.1) is 11.3 Å². The summed E-state index contributed by atoms with van der Waals surface area (Å²) in [4.78, 5) is 13.0. The Labute approximate surface area is 127 Å². The Morgan fingerprint density at radius 2 is 2.05 bits per heavy atom. The number of hydrogen-bond donors (Lipinski definition) is 1. The van der Waals surface area contributed by atoms with Gasteiger partial charge in [0, 0.05) is 22.7 Å². The van der Waals surface area contributed by atoms with E-state index in [1.165, 1.54) is 11.5 Å². The van der Waals surface area contributed by atoms with Crippen LogP contribution in [0.1, 0.15) is 4.88 Å². The minimum absolute atomic E-state index is 0.169. The van der Waals surface area contributed by atoms with Crippen LogP contribution in [0.4, 0.5) is 5.69 Å². The van der Waals surface area contributed by atoms with Crippen molar-refractivity contribution in [2.45, 2.75) is 0 Å². The molecule has 1 aromatic heterocycles. The minimum Gasteiger partial charge on any atom is -0.486 e. The number of hydrogen-bond acceptors (Lipinski definition) is 4. The van der Waals surface area contributed by atoms with E-state index in [0.29, 0.717) is 30.4 Å². The van der Waals surface area contributed by atoms with E-state index in [1.54, 1.807) is 29.5 Å². The highest BCUT2D eigenvalue weighted by Crippen LogP contribution is 2.32. The molecule has 106 valence electrons. The molecule has 0 saturated heterocycles. The van der Waals surface area contributed by atoms with Crippen molar-refractivity contribution in [1.29, 1.82) is 0 Å². The zero-order chi connectivity index (χ0) is 14.7. The fourth-order valence-electron chi connectivity index (χ4n) is 2.00. The Hall–Kier alpha value is -2.21. The van der Waals surface area contributed by atoms with Crippen LogP contribution in [0, 0.1) is 0 Å². The molecule has 0 unspecified atom stereocenters. The number of carbonyl (C=O) groups is 1. The average molecular weight is 299 g/mol. The molecule has 4 nitrogen and oxygen atoms in total. The Morgan fingerprint density at radius 3 is 2.81 bits per heavy atom. The van der Waals surface area contributed by atoms with Gasteiger partial charge < -0.3 is 14.8 Å². The standard InChI is InChI=1S/C15H14BNO3S/c16-10-7-12(21-9-10)2-4-15(18)17-11-1-3-13-14(8-11)20-6-5-19-13/h1-4,7-9H,5-6,16H2,(H,17,18)/b4-2+. The van der Waals surface area contributed by atoms with Gasteiger partial charge in [0.1, 0.15) is 21.1 Å². The number of amides is 1. The van der Waals surface area contributed by atoms with E-state index in [4.69, 9.17) is 9.47 Å². The summed E-state index contributed by atoms with van der Waals surface area (Å²) >= 11 is 1.61. The first-order chi connectivity index (χ1) is 10.2. The first-order valence-corrected chi connectivity index (χ1v) is 7.52. The molecule has 1 aliphatic heterocycles. The van der Waals surface area contributed by atoms with Gasteiger partial charge in [0.05, 0.1) is 0 Å². The Kier molecular flexibility index (Phi) is 3.97. The second-order valence-corrected chi connectivity index (χ2v) is 5.65. The Balaban J connectivity index is 1.66. The molecule has 2 heterocycles. The molecule has 0 radical (unpaired) electrons. The van der Waals surface area contributed by atoms with Gasteiger partial charge in [-0.05, 0) is 23.6 Å². The number of benzene rings is 1. The molecular weight excluding hydrogens is 285 g/mol. The highest BCUT2D eigenvalue weighted by Gasteiger charge is 2.12. The lowest BCUT2D eigenvalue weighted by Gasteiger charge is -2.18. The Bertz CT molecular complexity index is 696. The summed E-state index contributed by atoms with van der Waals surface area (Å²) < 4.78 is 10.9. The highest BCUT2D eigenvalue weighted by molar-refractivity contribution is 7.11. The van der Waals surface area contributed by atoms with Crippen LogP contribution >= 0.6 is 11.3 Å². The van der Waals surface area contributed by atoms with Crippen LogP contribution in [0.2, 0.25) is 0 Å². The lowest BCUT2D eigenvalue weighted by molar-refractivity contribution is -0.111. The summed E-state index contributed by atoms with van der Waals surface area (Å²) in [6.07, 6.45) is 3.34. The summed E-state index contributed by atoms with van der Waals surface area (Å²) in [7, 11) is 2.03. The normalized spacial score (nSPS) is 13.3. The third kappa shape index (κ3) is 3.46. The van der Waals surface area contributed by atoms with Crippen LogP contribution in [0.3, 0.4) is 0 Å². The van der Waals surface area contributed by atoms with Crippen molar-refractivity contribution in [3.05, 3.63) is 40.6 Å². The summed E-state index contributed by atoms with van der Waals surface area (Å²) in [5.41, 5.74) is 1.89. The SMILES string of the molecule is Bc1csc(/C=C/C(=O)Nc2ccc3c(c2)OCCO3)c1. The van der Waals surface area contributed by atoms with Gasteiger partial charge in [-0.25, -0.2) is 0 Å². The van der Waals surface area contributed by atoms with Gasteiger partial charge in [0.25, 0.3) is 0 Å². The molecule has 21 heavy (non-hydrogen) atoms. The third-order valence-corrected chi connectivity index (χ3v) is 3.98. The van der Waals surface area contributed by atoms with E-state index in [1.807, 2.05) is 20.0 Å². The molecule has 6 heteroatoms. The molecule has 0 atom stereocenters. The fourth-order valence-corrected chi connectivity index (χ4v) is 2.79. The predicted octanol–water partition coefficient (Wildman–Crippen LogP) is 1.43. The molecule has 1 amide bonds. The van der Waals surface area contributed by atoms with Crippen molar-refractivity contribution in [3.63, 3.8) is 0 Å². The number of rotatable bonds is 3.